The summed E-state index contributed by atoms with van der Waals surface area (Å²) in [6.07, 6.45) is 0. The molecule has 25 valence electrons. The quantitative estimate of drug-likeness (QED) is 0.454. The molecular weight excluding hydrogens is 303 g/mol. The molecular formula is HFeIMnZn. The SMILES string of the molecule is I.[Fe].[Mn].[Zn]. The predicted octanol–water partition coefficient (Wildman–Crippen LogP) is 0.611. The first-order chi connectivity index (χ1) is 0. The van der Waals surface area contributed by atoms with Crippen molar-refractivity contribution in [1.29, 1.82) is 0 Å². The normalized spacial score (nSPS) is 0. The maximum absolute atomic E-state index is 0. The van der Waals surface area contributed by atoms with Crippen molar-refractivity contribution >= 4 is 24.0 Å². The summed E-state index contributed by atoms with van der Waals surface area (Å²) >= 11 is 0. The van der Waals surface area contributed by atoms with E-state index in [-0.39, 0.29) is 77.6 Å². The van der Waals surface area contributed by atoms with Crippen molar-refractivity contribution in [3.8, 4) is 0 Å². The second kappa shape index (κ2) is 18.2. The van der Waals surface area contributed by atoms with Crippen LogP contribution in [0.5, 0.6) is 0 Å². The van der Waals surface area contributed by atoms with E-state index in [0.29, 0.717) is 0 Å². The van der Waals surface area contributed by atoms with E-state index in [9.17, 15) is 0 Å². The summed E-state index contributed by atoms with van der Waals surface area (Å²) in [5.41, 5.74) is 0. The van der Waals surface area contributed by atoms with Crippen molar-refractivity contribution in [1.82, 2.24) is 0 Å². The summed E-state index contributed by atoms with van der Waals surface area (Å²) in [7, 11) is 0. The van der Waals surface area contributed by atoms with E-state index in [4.69, 9.17) is 0 Å². The van der Waals surface area contributed by atoms with Gasteiger partial charge in [0.05, 0.1) is 0 Å². The molecule has 4 heteroatoms. The zero-order chi connectivity index (χ0) is 0. The molecule has 0 fully saturated rings. The van der Waals surface area contributed by atoms with E-state index >= 15 is 0 Å². The number of hydrogen-bond acceptors (Lipinski definition) is 0. The fraction of sp³-hybridized carbons (Fsp3) is 0. The third-order valence-electron chi connectivity index (χ3n) is 0. The van der Waals surface area contributed by atoms with Gasteiger partial charge < -0.3 is 0 Å². The third-order valence-corrected chi connectivity index (χ3v) is 0. The second-order valence-corrected chi connectivity index (χ2v) is 0. The van der Waals surface area contributed by atoms with E-state index in [1.54, 1.807) is 0 Å². The molecule has 0 aromatic carbocycles. The standard InChI is InChI=1S/Fe.HI.Mn.Zn/h;1H;;. The average Bonchev–Trinajstić information content (AvgIpc) is 0. The minimum absolute atomic E-state index is 0. The largest absolute Gasteiger partial charge is 0.107 e. The van der Waals surface area contributed by atoms with Gasteiger partial charge in [0.1, 0.15) is 0 Å². The third kappa shape index (κ3) is 8.83. The Morgan fingerprint density at radius 2 is 1.00 bits per heavy atom. The van der Waals surface area contributed by atoms with E-state index in [1.807, 2.05) is 0 Å². The molecule has 1 radical (unpaired) electrons. The summed E-state index contributed by atoms with van der Waals surface area (Å²) in [6.45, 7) is 0. The molecule has 0 aliphatic carbocycles. The molecule has 0 rings (SSSR count). The summed E-state index contributed by atoms with van der Waals surface area (Å²) in [5.74, 6) is 0. The predicted molar refractivity (Wildman–Crippen MR) is 15.4 cm³/mol. The van der Waals surface area contributed by atoms with Crippen LogP contribution < -0.4 is 0 Å². The van der Waals surface area contributed by atoms with Gasteiger partial charge in [0.15, 0.2) is 0 Å². The Kier molecular flexibility index (Phi) is 148. The Balaban J connectivity index is 0. The molecule has 0 nitrogen and oxygen atoms in total. The van der Waals surface area contributed by atoms with E-state index in [0.717, 1.165) is 0 Å². The monoisotopic (exact) mass is 303 g/mol. The van der Waals surface area contributed by atoms with Crippen LogP contribution in [0, 0.1) is 0 Å². The van der Waals surface area contributed by atoms with Crippen LogP contribution in [0.15, 0.2) is 0 Å². The topological polar surface area (TPSA) is 0 Å². The van der Waals surface area contributed by atoms with Crippen LogP contribution in [0.4, 0.5) is 0 Å². The van der Waals surface area contributed by atoms with Crippen molar-refractivity contribution in [2.45, 2.75) is 0 Å². The van der Waals surface area contributed by atoms with Gasteiger partial charge in [-0.3, -0.25) is 0 Å². The van der Waals surface area contributed by atoms with Crippen LogP contribution in [0.3, 0.4) is 0 Å². The van der Waals surface area contributed by atoms with Gasteiger partial charge in [-0.05, 0) is 0 Å². The molecule has 0 saturated carbocycles. The molecule has 0 atom stereocenters. The zero-order valence-corrected chi connectivity index (χ0v) is 9.43. The molecule has 0 saturated heterocycles. The van der Waals surface area contributed by atoms with Crippen LogP contribution >= 0.6 is 24.0 Å². The molecule has 0 N–H and O–H groups in total. The van der Waals surface area contributed by atoms with Crippen molar-refractivity contribution in [3.63, 3.8) is 0 Å². The molecule has 0 aromatic rings. The van der Waals surface area contributed by atoms with E-state index in [2.05, 4.69) is 0 Å². The number of rotatable bonds is 0. The Morgan fingerprint density at radius 1 is 1.00 bits per heavy atom. The van der Waals surface area contributed by atoms with Crippen molar-refractivity contribution in [3.05, 3.63) is 0 Å². The summed E-state index contributed by atoms with van der Waals surface area (Å²) in [4.78, 5) is 0. The molecule has 0 unspecified atom stereocenters. The van der Waals surface area contributed by atoms with Crippen LogP contribution in [0.25, 0.3) is 0 Å². The minimum Gasteiger partial charge on any atom is -0.107 e. The Morgan fingerprint density at radius 3 is 1.00 bits per heavy atom. The van der Waals surface area contributed by atoms with Gasteiger partial charge >= 0.3 is 0 Å². The van der Waals surface area contributed by atoms with Gasteiger partial charge in [-0.2, -0.15) is 0 Å². The van der Waals surface area contributed by atoms with Crippen molar-refractivity contribution < 1.29 is 53.6 Å². The van der Waals surface area contributed by atoms with Gasteiger partial charge in [0.25, 0.3) is 0 Å². The molecule has 0 amide bonds. The number of halogens is 1. The zero-order valence-electron chi connectivity index (χ0n) is 1.85. The van der Waals surface area contributed by atoms with E-state index in [1.165, 1.54) is 0 Å². The van der Waals surface area contributed by atoms with Crippen molar-refractivity contribution in [2.24, 2.45) is 0 Å². The van der Waals surface area contributed by atoms with Crippen LogP contribution in [-0.4, -0.2) is 0 Å². The summed E-state index contributed by atoms with van der Waals surface area (Å²) in [5, 5.41) is 0. The molecule has 0 bridgehead atoms. The second-order valence-electron chi connectivity index (χ2n) is 0. The average molecular weight is 304 g/mol. The van der Waals surface area contributed by atoms with Gasteiger partial charge in [-0.1, -0.05) is 0 Å². The first-order valence-electron chi connectivity index (χ1n) is 0. The Hall–Kier alpha value is 2.39. The molecule has 4 heavy (non-hydrogen) atoms. The minimum atomic E-state index is 0. The first-order valence-corrected chi connectivity index (χ1v) is 0. The molecule has 0 aliphatic rings. The van der Waals surface area contributed by atoms with Crippen LogP contribution in [-0.2, 0) is 53.6 Å². The molecule has 0 aliphatic heterocycles. The van der Waals surface area contributed by atoms with Gasteiger partial charge in [0.2, 0.25) is 0 Å². The fourth-order valence-corrected chi connectivity index (χ4v) is 0. The van der Waals surface area contributed by atoms with E-state index < -0.39 is 0 Å². The summed E-state index contributed by atoms with van der Waals surface area (Å²) in [6, 6.07) is 0. The first kappa shape index (κ1) is 32.5. The maximum Gasteiger partial charge on any atom is 0 e. The maximum atomic E-state index is 0. The fourth-order valence-electron chi connectivity index (χ4n) is 0. The Bertz CT molecular complexity index is 8.00. The van der Waals surface area contributed by atoms with Crippen LogP contribution in [0.2, 0.25) is 0 Å². The Labute approximate surface area is 76.6 Å². The number of hydrogen-bond donors (Lipinski definition) is 0. The van der Waals surface area contributed by atoms with Gasteiger partial charge in [-0.25, -0.2) is 0 Å². The van der Waals surface area contributed by atoms with Crippen molar-refractivity contribution in [2.75, 3.05) is 0 Å². The van der Waals surface area contributed by atoms with Gasteiger partial charge in [0, 0.05) is 53.6 Å². The molecule has 0 spiro atoms. The molecule has 0 heterocycles. The summed E-state index contributed by atoms with van der Waals surface area (Å²) < 4.78 is 0. The smallest absolute Gasteiger partial charge is 0 e. The molecule has 0 aromatic heterocycles. The van der Waals surface area contributed by atoms with Crippen LogP contribution in [0.1, 0.15) is 0 Å². The van der Waals surface area contributed by atoms with Gasteiger partial charge in [-0.15, -0.1) is 24.0 Å².